The molecule has 0 aliphatic carbocycles. The van der Waals surface area contributed by atoms with Crippen molar-refractivity contribution in [1.29, 1.82) is 0 Å². The molecule has 1 amide bonds. The number of hydrogen-bond acceptors (Lipinski definition) is 5. The Balaban J connectivity index is 1.86. The maximum atomic E-state index is 13.1. The van der Waals surface area contributed by atoms with Gasteiger partial charge in [-0.05, 0) is 36.2 Å². The molecule has 0 saturated carbocycles. The Kier molecular flexibility index (Phi) is 6.68. The van der Waals surface area contributed by atoms with Crippen molar-refractivity contribution in [2.45, 2.75) is 12.6 Å². The molecule has 1 unspecified atom stereocenters. The molecule has 6 heteroatoms. The highest BCUT2D eigenvalue weighted by atomic mass is 16.5. The molecule has 0 saturated heterocycles. The maximum Gasteiger partial charge on any atom is 0.257 e. The van der Waals surface area contributed by atoms with Crippen LogP contribution >= 0.6 is 0 Å². The minimum atomic E-state index is -0.254. The van der Waals surface area contributed by atoms with Crippen molar-refractivity contribution >= 4 is 11.6 Å². The molecule has 1 aliphatic heterocycles. The van der Waals surface area contributed by atoms with Crippen molar-refractivity contribution in [3.05, 3.63) is 59.7 Å². The van der Waals surface area contributed by atoms with Crippen molar-refractivity contribution in [2.24, 2.45) is 0 Å². The van der Waals surface area contributed by atoms with Crippen LogP contribution in [-0.4, -0.2) is 51.4 Å². The number of rotatable bonds is 9. The number of ether oxygens (including phenoxy) is 3. The monoisotopic (exact) mass is 370 g/mol. The summed E-state index contributed by atoms with van der Waals surface area (Å²) in [4.78, 5) is 14.9. The molecule has 6 nitrogen and oxygen atoms in total. The Labute approximate surface area is 160 Å². The minimum Gasteiger partial charge on any atom is -0.491 e. The van der Waals surface area contributed by atoms with E-state index in [-0.39, 0.29) is 12.1 Å². The van der Waals surface area contributed by atoms with Gasteiger partial charge in [0.05, 0.1) is 12.2 Å². The van der Waals surface area contributed by atoms with Crippen molar-refractivity contribution in [3.8, 4) is 5.75 Å². The molecule has 0 fully saturated rings. The number of amides is 1. The Morgan fingerprint density at radius 3 is 2.63 bits per heavy atom. The van der Waals surface area contributed by atoms with Gasteiger partial charge < -0.3 is 24.4 Å². The number of nitrogens with zero attached hydrogens (tertiary/aromatic N) is 1. The molecular formula is C21H26N2O4. The highest BCUT2D eigenvalue weighted by Gasteiger charge is 2.32. The number of benzene rings is 2. The molecule has 1 atom stereocenters. The van der Waals surface area contributed by atoms with Crippen LogP contribution in [-0.2, 0) is 9.47 Å². The van der Waals surface area contributed by atoms with Crippen LogP contribution in [0.3, 0.4) is 0 Å². The average Bonchev–Trinajstić information content (AvgIpc) is 2.70. The summed E-state index contributed by atoms with van der Waals surface area (Å²) in [6.45, 7) is 2.23. The van der Waals surface area contributed by atoms with E-state index in [9.17, 15) is 4.79 Å². The fourth-order valence-electron chi connectivity index (χ4n) is 3.18. The summed E-state index contributed by atoms with van der Waals surface area (Å²) in [5.41, 5.74) is 2.52. The molecule has 2 aromatic carbocycles. The lowest BCUT2D eigenvalue weighted by atomic mass is 10.0. The standard InChI is InChI=1S/C21H26N2O4/c1-25-12-6-11-23-20(22-19-10-4-3-9-18(19)21(23)24)16-7-5-8-17(15-16)27-14-13-26-2/h3-5,7-10,15,20,22H,6,11-14H2,1-2H3. The molecule has 0 radical (unpaired) electrons. The van der Waals surface area contributed by atoms with Gasteiger partial charge in [-0.1, -0.05) is 24.3 Å². The third-order valence-corrected chi connectivity index (χ3v) is 4.50. The summed E-state index contributed by atoms with van der Waals surface area (Å²) >= 11 is 0. The van der Waals surface area contributed by atoms with Crippen LogP contribution in [0.1, 0.15) is 28.5 Å². The van der Waals surface area contributed by atoms with Crippen LogP contribution in [0.15, 0.2) is 48.5 Å². The van der Waals surface area contributed by atoms with Gasteiger partial charge in [-0.15, -0.1) is 0 Å². The number of hydrogen-bond donors (Lipinski definition) is 1. The van der Waals surface area contributed by atoms with E-state index in [2.05, 4.69) is 5.32 Å². The van der Waals surface area contributed by atoms with Crippen molar-refractivity contribution in [1.82, 2.24) is 4.90 Å². The maximum absolute atomic E-state index is 13.1. The van der Waals surface area contributed by atoms with Crippen LogP contribution < -0.4 is 10.1 Å². The Morgan fingerprint density at radius 1 is 1.00 bits per heavy atom. The van der Waals surface area contributed by atoms with Crippen LogP contribution in [0.2, 0.25) is 0 Å². The molecule has 2 aromatic rings. The second kappa shape index (κ2) is 9.39. The summed E-state index contributed by atoms with van der Waals surface area (Å²) in [6, 6.07) is 15.4. The van der Waals surface area contributed by atoms with Gasteiger partial charge in [0.25, 0.3) is 5.91 Å². The first-order valence-corrected chi connectivity index (χ1v) is 9.11. The second-order valence-electron chi connectivity index (χ2n) is 6.35. The van der Waals surface area contributed by atoms with Crippen LogP contribution in [0.25, 0.3) is 0 Å². The molecule has 0 aromatic heterocycles. The molecule has 1 heterocycles. The summed E-state index contributed by atoms with van der Waals surface area (Å²) in [5.74, 6) is 0.783. The van der Waals surface area contributed by atoms with Crippen molar-refractivity contribution < 1.29 is 19.0 Å². The predicted molar refractivity (Wildman–Crippen MR) is 104 cm³/mol. The van der Waals surface area contributed by atoms with E-state index < -0.39 is 0 Å². The summed E-state index contributed by atoms with van der Waals surface area (Å²) in [7, 11) is 3.32. The van der Waals surface area contributed by atoms with E-state index in [4.69, 9.17) is 14.2 Å². The Hall–Kier alpha value is -2.57. The molecule has 1 N–H and O–H groups in total. The largest absolute Gasteiger partial charge is 0.491 e. The van der Waals surface area contributed by atoms with Gasteiger partial charge in [0, 0.05) is 33.1 Å². The van der Waals surface area contributed by atoms with Gasteiger partial charge in [0.1, 0.15) is 18.5 Å². The average molecular weight is 370 g/mol. The van der Waals surface area contributed by atoms with Gasteiger partial charge in [-0.3, -0.25) is 4.79 Å². The molecule has 0 spiro atoms. The third-order valence-electron chi connectivity index (χ3n) is 4.50. The van der Waals surface area contributed by atoms with Crippen LogP contribution in [0.5, 0.6) is 5.75 Å². The van der Waals surface area contributed by atoms with E-state index >= 15 is 0 Å². The van der Waals surface area contributed by atoms with E-state index in [1.165, 1.54) is 0 Å². The lowest BCUT2D eigenvalue weighted by molar-refractivity contribution is 0.0660. The third kappa shape index (κ3) is 4.59. The highest BCUT2D eigenvalue weighted by molar-refractivity contribution is 6.01. The molecule has 3 rings (SSSR count). The normalized spacial score (nSPS) is 16.0. The van der Waals surface area contributed by atoms with Gasteiger partial charge in [0.2, 0.25) is 0 Å². The van der Waals surface area contributed by atoms with Crippen LogP contribution in [0.4, 0.5) is 5.69 Å². The molecule has 144 valence electrons. The predicted octanol–water partition coefficient (Wildman–Crippen LogP) is 3.31. The van der Waals surface area contributed by atoms with Crippen molar-refractivity contribution in [2.75, 3.05) is 45.9 Å². The number of fused-ring (bicyclic) bond motifs is 1. The second-order valence-corrected chi connectivity index (χ2v) is 6.35. The first kappa shape index (κ1) is 19.2. The highest BCUT2D eigenvalue weighted by Crippen LogP contribution is 2.34. The smallest absolute Gasteiger partial charge is 0.257 e. The number of para-hydroxylation sites is 1. The summed E-state index contributed by atoms with van der Waals surface area (Å²) in [6.07, 6.45) is 0.516. The topological polar surface area (TPSA) is 60.0 Å². The van der Waals surface area contributed by atoms with Gasteiger partial charge in [-0.25, -0.2) is 0 Å². The lowest BCUT2D eigenvalue weighted by Gasteiger charge is -2.38. The van der Waals surface area contributed by atoms with Crippen molar-refractivity contribution in [3.63, 3.8) is 0 Å². The number of methoxy groups -OCH3 is 2. The number of anilines is 1. The molecule has 27 heavy (non-hydrogen) atoms. The summed E-state index contributed by atoms with van der Waals surface area (Å²) < 4.78 is 15.9. The zero-order valence-corrected chi connectivity index (χ0v) is 15.8. The fraction of sp³-hybridized carbons (Fsp3) is 0.381. The first-order valence-electron chi connectivity index (χ1n) is 9.11. The van der Waals surface area contributed by atoms with Gasteiger partial charge in [-0.2, -0.15) is 0 Å². The zero-order chi connectivity index (χ0) is 19.1. The molecule has 1 aliphatic rings. The first-order chi connectivity index (χ1) is 13.2. The van der Waals surface area contributed by atoms with E-state index in [1.807, 2.05) is 53.4 Å². The van der Waals surface area contributed by atoms with E-state index in [0.29, 0.717) is 31.9 Å². The van der Waals surface area contributed by atoms with E-state index in [1.54, 1.807) is 14.2 Å². The Bertz CT molecular complexity index is 765. The fourth-order valence-corrected chi connectivity index (χ4v) is 3.18. The SMILES string of the molecule is COCCCN1C(=O)c2ccccc2NC1c1cccc(OCCOC)c1. The minimum absolute atomic E-state index is 0.0242. The van der Waals surface area contributed by atoms with E-state index in [0.717, 1.165) is 23.4 Å². The lowest BCUT2D eigenvalue weighted by Crippen LogP contribution is -2.43. The summed E-state index contributed by atoms with van der Waals surface area (Å²) in [5, 5.41) is 3.50. The molecular weight excluding hydrogens is 344 g/mol. The Morgan fingerprint density at radius 2 is 1.81 bits per heavy atom. The number of carbonyl (C=O) groups excluding carboxylic acids is 1. The number of carbonyl (C=O) groups is 1. The van der Waals surface area contributed by atoms with Crippen LogP contribution in [0, 0.1) is 0 Å². The van der Waals surface area contributed by atoms with Gasteiger partial charge >= 0.3 is 0 Å². The quantitative estimate of drug-likeness (QED) is 0.686. The zero-order valence-electron chi connectivity index (χ0n) is 15.8. The van der Waals surface area contributed by atoms with Gasteiger partial charge in [0.15, 0.2) is 0 Å². The molecule has 0 bridgehead atoms. The number of nitrogens with one attached hydrogen (secondary N) is 1.